The lowest BCUT2D eigenvalue weighted by Crippen LogP contribution is -2.15. The van der Waals surface area contributed by atoms with Gasteiger partial charge in [-0.05, 0) is 38.0 Å². The molecule has 1 aromatic rings. The molecule has 0 aliphatic rings. The molecule has 0 aromatic heterocycles. The van der Waals surface area contributed by atoms with Crippen molar-refractivity contribution in [1.29, 1.82) is 0 Å². The predicted octanol–water partition coefficient (Wildman–Crippen LogP) is 2.09. The maximum atomic E-state index is 11.8. The topological polar surface area (TPSA) is 58.6 Å². The first-order chi connectivity index (χ1) is 9.56. The first kappa shape index (κ1) is 16.2. The third-order valence-corrected chi connectivity index (χ3v) is 3.00. The monoisotopic (exact) mass is 275 g/mol. The van der Waals surface area contributed by atoms with Gasteiger partial charge in [0, 0.05) is 24.8 Å². The molecule has 4 nitrogen and oxygen atoms in total. The van der Waals surface area contributed by atoms with Crippen molar-refractivity contribution >= 4 is 11.6 Å². The molecule has 20 heavy (non-hydrogen) atoms. The maximum absolute atomic E-state index is 11.8. The number of amides is 1. The summed E-state index contributed by atoms with van der Waals surface area (Å²) in [4.78, 5) is 11.8. The molecule has 0 fully saturated rings. The van der Waals surface area contributed by atoms with Gasteiger partial charge in [0.25, 0.3) is 0 Å². The molecule has 2 N–H and O–H groups in total. The molecule has 0 spiro atoms. The van der Waals surface area contributed by atoms with Crippen molar-refractivity contribution in [2.45, 2.75) is 32.8 Å². The zero-order chi connectivity index (χ0) is 15.0. The maximum Gasteiger partial charge on any atom is 0.224 e. The van der Waals surface area contributed by atoms with Crippen LogP contribution in [-0.4, -0.2) is 30.8 Å². The van der Waals surface area contributed by atoms with E-state index >= 15 is 0 Å². The molecule has 1 amide bonds. The smallest absolute Gasteiger partial charge is 0.224 e. The average molecular weight is 275 g/mol. The predicted molar refractivity (Wildman–Crippen MR) is 79.5 cm³/mol. The normalized spacial score (nSPS) is 11.4. The van der Waals surface area contributed by atoms with Crippen LogP contribution in [0.15, 0.2) is 18.2 Å². The molecular formula is C16H21NO3. The Morgan fingerprint density at radius 2 is 2.25 bits per heavy atom. The molecule has 0 bridgehead atoms. The van der Waals surface area contributed by atoms with Gasteiger partial charge in [0.05, 0.1) is 6.10 Å². The SMILES string of the molecule is COC(C)CCC(=O)Nc1ccc(C)c(C#CCO)c1. The second-order valence-corrected chi connectivity index (χ2v) is 4.62. The standard InChI is InChI=1S/C16H21NO3/c1-12-6-8-15(11-14(12)5-4-10-18)17-16(19)9-7-13(2)20-3/h6,8,11,13,18H,7,9-10H2,1-3H3,(H,17,19). The summed E-state index contributed by atoms with van der Waals surface area (Å²) in [7, 11) is 1.63. The van der Waals surface area contributed by atoms with Gasteiger partial charge in [-0.2, -0.15) is 0 Å². The molecule has 0 saturated heterocycles. The molecule has 0 saturated carbocycles. The lowest BCUT2D eigenvalue weighted by molar-refractivity contribution is -0.116. The van der Waals surface area contributed by atoms with Crippen LogP contribution in [0.4, 0.5) is 5.69 Å². The van der Waals surface area contributed by atoms with E-state index in [4.69, 9.17) is 9.84 Å². The minimum Gasteiger partial charge on any atom is -0.384 e. The molecule has 4 heteroatoms. The zero-order valence-corrected chi connectivity index (χ0v) is 12.2. The van der Waals surface area contributed by atoms with Crippen molar-refractivity contribution in [1.82, 2.24) is 0 Å². The van der Waals surface area contributed by atoms with Crippen LogP contribution in [0, 0.1) is 18.8 Å². The summed E-state index contributed by atoms with van der Waals surface area (Å²) in [6.07, 6.45) is 1.18. The largest absolute Gasteiger partial charge is 0.384 e. The van der Waals surface area contributed by atoms with E-state index in [0.29, 0.717) is 18.5 Å². The van der Waals surface area contributed by atoms with Crippen LogP contribution >= 0.6 is 0 Å². The number of carbonyl (C=O) groups is 1. The summed E-state index contributed by atoms with van der Waals surface area (Å²) < 4.78 is 5.11. The number of benzene rings is 1. The van der Waals surface area contributed by atoms with E-state index in [2.05, 4.69) is 17.2 Å². The van der Waals surface area contributed by atoms with Crippen LogP contribution in [0.25, 0.3) is 0 Å². The van der Waals surface area contributed by atoms with Crippen molar-refractivity contribution in [2.75, 3.05) is 19.0 Å². The van der Waals surface area contributed by atoms with Gasteiger partial charge < -0.3 is 15.2 Å². The highest BCUT2D eigenvalue weighted by atomic mass is 16.5. The molecule has 1 aromatic carbocycles. The van der Waals surface area contributed by atoms with E-state index in [0.717, 1.165) is 11.1 Å². The highest BCUT2D eigenvalue weighted by Gasteiger charge is 2.07. The molecule has 0 aliphatic heterocycles. The molecule has 108 valence electrons. The minimum absolute atomic E-state index is 0.0428. The number of ether oxygens (including phenoxy) is 1. The average Bonchev–Trinajstić information content (AvgIpc) is 2.45. The van der Waals surface area contributed by atoms with Crippen molar-refractivity contribution in [3.8, 4) is 11.8 Å². The molecular weight excluding hydrogens is 254 g/mol. The van der Waals surface area contributed by atoms with E-state index in [1.807, 2.05) is 32.0 Å². The van der Waals surface area contributed by atoms with Crippen LogP contribution in [0.3, 0.4) is 0 Å². The molecule has 1 rings (SSSR count). The quantitative estimate of drug-likeness (QED) is 0.809. The van der Waals surface area contributed by atoms with Gasteiger partial charge in [0.1, 0.15) is 6.61 Å². The lowest BCUT2D eigenvalue weighted by Gasteiger charge is -2.10. The number of methoxy groups -OCH3 is 1. The van der Waals surface area contributed by atoms with Crippen LogP contribution in [0.2, 0.25) is 0 Å². The van der Waals surface area contributed by atoms with Crippen molar-refractivity contribution in [3.63, 3.8) is 0 Å². The van der Waals surface area contributed by atoms with E-state index < -0.39 is 0 Å². The van der Waals surface area contributed by atoms with E-state index in [1.54, 1.807) is 7.11 Å². The van der Waals surface area contributed by atoms with Gasteiger partial charge in [-0.25, -0.2) is 0 Å². The number of carbonyl (C=O) groups excluding carboxylic acids is 1. The number of nitrogens with one attached hydrogen (secondary N) is 1. The first-order valence-corrected chi connectivity index (χ1v) is 6.60. The number of aliphatic hydroxyl groups is 1. The fourth-order valence-corrected chi connectivity index (χ4v) is 1.64. The van der Waals surface area contributed by atoms with Gasteiger partial charge in [0.2, 0.25) is 5.91 Å². The Morgan fingerprint density at radius 3 is 2.90 bits per heavy atom. The Morgan fingerprint density at radius 1 is 1.50 bits per heavy atom. The summed E-state index contributed by atoms with van der Waals surface area (Å²) in [6.45, 7) is 3.69. The fourth-order valence-electron chi connectivity index (χ4n) is 1.64. The second-order valence-electron chi connectivity index (χ2n) is 4.62. The summed E-state index contributed by atoms with van der Waals surface area (Å²) in [5.74, 6) is 5.43. The Kier molecular flexibility index (Phi) is 6.78. The molecule has 0 heterocycles. The van der Waals surface area contributed by atoms with Crippen molar-refractivity contribution in [3.05, 3.63) is 29.3 Å². The molecule has 1 atom stereocenters. The Bertz CT molecular complexity index is 514. The minimum atomic E-state index is -0.176. The van der Waals surface area contributed by atoms with Crippen LogP contribution in [-0.2, 0) is 9.53 Å². The van der Waals surface area contributed by atoms with Crippen LogP contribution < -0.4 is 5.32 Å². The van der Waals surface area contributed by atoms with Crippen molar-refractivity contribution in [2.24, 2.45) is 0 Å². The third-order valence-electron chi connectivity index (χ3n) is 3.00. The summed E-state index contributed by atoms with van der Waals surface area (Å²) in [5.41, 5.74) is 2.53. The van der Waals surface area contributed by atoms with Gasteiger partial charge >= 0.3 is 0 Å². The number of hydrogen-bond acceptors (Lipinski definition) is 3. The van der Waals surface area contributed by atoms with Gasteiger partial charge in [-0.3, -0.25) is 4.79 Å². The van der Waals surface area contributed by atoms with E-state index in [9.17, 15) is 4.79 Å². The fraction of sp³-hybridized carbons (Fsp3) is 0.438. The molecule has 0 radical (unpaired) electrons. The second kappa shape index (κ2) is 8.36. The number of aryl methyl sites for hydroxylation is 1. The number of hydrogen-bond donors (Lipinski definition) is 2. The van der Waals surface area contributed by atoms with Crippen LogP contribution in [0.5, 0.6) is 0 Å². The molecule has 1 unspecified atom stereocenters. The van der Waals surface area contributed by atoms with E-state index in [1.165, 1.54) is 0 Å². The van der Waals surface area contributed by atoms with Crippen LogP contribution in [0.1, 0.15) is 30.9 Å². The van der Waals surface area contributed by atoms with Gasteiger partial charge in [-0.15, -0.1) is 0 Å². The number of anilines is 1. The summed E-state index contributed by atoms with van der Waals surface area (Å²) in [6, 6.07) is 5.56. The zero-order valence-electron chi connectivity index (χ0n) is 12.2. The Hall–Kier alpha value is -1.83. The third kappa shape index (κ3) is 5.43. The summed E-state index contributed by atoms with van der Waals surface area (Å²) >= 11 is 0. The highest BCUT2D eigenvalue weighted by Crippen LogP contribution is 2.15. The molecule has 0 aliphatic carbocycles. The van der Waals surface area contributed by atoms with Gasteiger partial charge in [-0.1, -0.05) is 17.9 Å². The highest BCUT2D eigenvalue weighted by molar-refractivity contribution is 5.90. The number of rotatable bonds is 5. The Balaban J connectivity index is 2.66. The Labute approximate surface area is 120 Å². The first-order valence-electron chi connectivity index (χ1n) is 6.60. The van der Waals surface area contributed by atoms with E-state index in [-0.39, 0.29) is 18.6 Å². The summed E-state index contributed by atoms with van der Waals surface area (Å²) in [5, 5.41) is 11.6. The van der Waals surface area contributed by atoms with Gasteiger partial charge in [0.15, 0.2) is 0 Å². The van der Waals surface area contributed by atoms with Crippen molar-refractivity contribution < 1.29 is 14.6 Å². The lowest BCUT2D eigenvalue weighted by atomic mass is 10.1. The number of aliphatic hydroxyl groups excluding tert-OH is 1.